The van der Waals surface area contributed by atoms with Crippen LogP contribution >= 0.6 is 0 Å². The number of ether oxygens (including phenoxy) is 5. The maximum atomic E-state index is 11.3. The second-order valence-electron chi connectivity index (χ2n) is 7.65. The van der Waals surface area contributed by atoms with Gasteiger partial charge in [0.15, 0.2) is 12.6 Å². The molecule has 13 heteroatoms. The van der Waals surface area contributed by atoms with Gasteiger partial charge in [-0.1, -0.05) is 6.58 Å². The van der Waals surface area contributed by atoms with Crippen LogP contribution in [0.15, 0.2) is 12.2 Å². The van der Waals surface area contributed by atoms with E-state index in [9.17, 15) is 40.5 Å². The summed E-state index contributed by atoms with van der Waals surface area (Å²) in [5.41, 5.74) is 0.247. The van der Waals surface area contributed by atoms with E-state index in [1.165, 1.54) is 6.92 Å². The Morgan fingerprint density at radius 1 is 0.844 bits per heavy atom. The van der Waals surface area contributed by atoms with Crippen molar-refractivity contribution in [1.29, 1.82) is 0 Å². The molecule has 1 unspecified atom stereocenters. The molecular formula is C19H32O13. The monoisotopic (exact) mass is 468 g/mol. The van der Waals surface area contributed by atoms with Crippen molar-refractivity contribution in [2.75, 3.05) is 26.4 Å². The highest BCUT2D eigenvalue weighted by atomic mass is 16.7. The Hall–Kier alpha value is -1.23. The third-order valence-corrected chi connectivity index (χ3v) is 5.11. The number of hydrogen-bond acceptors (Lipinski definition) is 13. The number of carbonyl (C=O) groups is 1. The number of esters is 1. The summed E-state index contributed by atoms with van der Waals surface area (Å²) in [6.45, 7) is 3.63. The largest absolute Gasteiger partial charge is 0.462 e. The molecule has 0 amide bonds. The molecule has 0 aromatic heterocycles. The second-order valence-corrected chi connectivity index (χ2v) is 7.65. The molecule has 0 spiro atoms. The molecule has 32 heavy (non-hydrogen) atoms. The molecule has 10 atom stereocenters. The van der Waals surface area contributed by atoms with Crippen molar-refractivity contribution < 1.29 is 64.2 Å². The summed E-state index contributed by atoms with van der Waals surface area (Å²) in [5.74, 6) is -0.553. The molecule has 0 saturated carbocycles. The summed E-state index contributed by atoms with van der Waals surface area (Å²) in [7, 11) is 0. The summed E-state index contributed by atoms with van der Waals surface area (Å²) in [5, 5.41) is 69.5. The second kappa shape index (κ2) is 12.3. The minimum atomic E-state index is -1.74. The van der Waals surface area contributed by atoms with E-state index in [-0.39, 0.29) is 25.2 Å². The van der Waals surface area contributed by atoms with Gasteiger partial charge < -0.3 is 59.4 Å². The van der Waals surface area contributed by atoms with E-state index < -0.39 is 80.6 Å². The first-order chi connectivity index (χ1) is 15.1. The smallest absolute Gasteiger partial charge is 0.333 e. The number of aliphatic hydroxyl groups is 7. The lowest BCUT2D eigenvalue weighted by molar-refractivity contribution is -0.359. The van der Waals surface area contributed by atoms with Crippen LogP contribution in [-0.4, -0.2) is 130 Å². The predicted molar refractivity (Wildman–Crippen MR) is 103 cm³/mol. The van der Waals surface area contributed by atoms with Crippen molar-refractivity contribution in [3.8, 4) is 0 Å². The minimum Gasteiger partial charge on any atom is -0.462 e. The van der Waals surface area contributed by atoms with Gasteiger partial charge in [-0.3, -0.25) is 0 Å². The Kier molecular flexibility index (Phi) is 10.4. The molecule has 0 bridgehead atoms. The molecule has 7 N–H and O–H groups in total. The highest BCUT2D eigenvalue weighted by molar-refractivity contribution is 5.86. The van der Waals surface area contributed by atoms with Crippen molar-refractivity contribution in [1.82, 2.24) is 0 Å². The summed E-state index contributed by atoms with van der Waals surface area (Å²) in [6, 6.07) is 0. The van der Waals surface area contributed by atoms with Crippen LogP contribution in [-0.2, 0) is 28.5 Å². The molecular weight excluding hydrogens is 436 g/mol. The molecule has 2 heterocycles. The zero-order valence-corrected chi connectivity index (χ0v) is 17.6. The van der Waals surface area contributed by atoms with Gasteiger partial charge in [0.2, 0.25) is 0 Å². The third kappa shape index (κ3) is 6.42. The highest BCUT2D eigenvalue weighted by Crippen LogP contribution is 2.29. The maximum absolute atomic E-state index is 11.3. The Balaban J connectivity index is 1.92. The van der Waals surface area contributed by atoms with E-state index in [2.05, 4.69) is 6.58 Å². The molecule has 0 radical (unpaired) electrons. The summed E-state index contributed by atoms with van der Waals surface area (Å²) in [6.07, 6.45) is -14.9. The third-order valence-electron chi connectivity index (χ3n) is 5.11. The first kappa shape index (κ1) is 27.0. The topological polar surface area (TPSA) is 205 Å². The van der Waals surface area contributed by atoms with Gasteiger partial charge in [0.25, 0.3) is 0 Å². The Morgan fingerprint density at radius 2 is 1.44 bits per heavy atom. The molecule has 2 saturated heterocycles. The van der Waals surface area contributed by atoms with Crippen LogP contribution in [0.25, 0.3) is 0 Å². The zero-order valence-electron chi connectivity index (χ0n) is 17.6. The molecule has 2 rings (SSSR count). The van der Waals surface area contributed by atoms with Gasteiger partial charge in [-0.15, -0.1) is 0 Å². The molecule has 2 fully saturated rings. The summed E-state index contributed by atoms with van der Waals surface area (Å²) < 4.78 is 26.4. The fourth-order valence-electron chi connectivity index (χ4n) is 3.24. The van der Waals surface area contributed by atoms with Gasteiger partial charge >= 0.3 is 5.97 Å². The summed E-state index contributed by atoms with van der Waals surface area (Å²) >= 11 is 0. The summed E-state index contributed by atoms with van der Waals surface area (Å²) in [4.78, 5) is 11.3. The molecule has 0 aliphatic carbocycles. The van der Waals surface area contributed by atoms with E-state index in [0.717, 1.165) is 0 Å². The van der Waals surface area contributed by atoms with E-state index >= 15 is 0 Å². The molecule has 0 aromatic rings. The predicted octanol–water partition coefficient (Wildman–Crippen LogP) is -3.86. The number of hydrogen-bond donors (Lipinski definition) is 7. The van der Waals surface area contributed by atoms with Gasteiger partial charge in [0.1, 0.15) is 48.8 Å². The van der Waals surface area contributed by atoms with Crippen molar-refractivity contribution in [2.24, 2.45) is 0 Å². The molecule has 2 aliphatic heterocycles. The van der Waals surface area contributed by atoms with Crippen LogP contribution in [0.4, 0.5) is 0 Å². The Bertz CT molecular complexity index is 612. The van der Waals surface area contributed by atoms with Crippen molar-refractivity contribution in [3.05, 3.63) is 12.2 Å². The lowest BCUT2D eigenvalue weighted by atomic mass is 9.97. The average molecular weight is 468 g/mol. The lowest BCUT2D eigenvalue weighted by Gasteiger charge is -2.45. The SMILES string of the molecule is C=C(C)C(=O)OCCCOC1O[C@H](CO)[C@@H](O[C@@H]2O[C@H](CO)[C@H](O)[C@H](O)[C@H]2O)[C@H](O)[C@H]1O. The van der Waals surface area contributed by atoms with Gasteiger partial charge in [-0.25, -0.2) is 4.79 Å². The van der Waals surface area contributed by atoms with Gasteiger partial charge in [-0.05, 0) is 6.92 Å². The fraction of sp³-hybridized carbons (Fsp3) is 0.842. The first-order valence-electron chi connectivity index (χ1n) is 10.1. The van der Waals surface area contributed by atoms with E-state index in [4.69, 9.17) is 23.7 Å². The van der Waals surface area contributed by atoms with Gasteiger partial charge in [0.05, 0.1) is 26.4 Å². The van der Waals surface area contributed by atoms with Gasteiger partial charge in [-0.2, -0.15) is 0 Å². The maximum Gasteiger partial charge on any atom is 0.333 e. The highest BCUT2D eigenvalue weighted by Gasteiger charge is 2.50. The first-order valence-corrected chi connectivity index (χ1v) is 10.1. The number of aliphatic hydroxyl groups excluding tert-OH is 7. The van der Waals surface area contributed by atoms with Crippen molar-refractivity contribution in [3.63, 3.8) is 0 Å². The normalized spacial score (nSPS) is 40.1. The molecule has 2 aliphatic rings. The zero-order chi connectivity index (χ0) is 24.0. The van der Waals surface area contributed by atoms with E-state index in [1.807, 2.05) is 0 Å². The number of carbonyl (C=O) groups excluding carboxylic acids is 1. The van der Waals surface area contributed by atoms with E-state index in [0.29, 0.717) is 0 Å². The van der Waals surface area contributed by atoms with Crippen LogP contribution in [0.3, 0.4) is 0 Å². The molecule has 186 valence electrons. The Labute approximate surface area is 184 Å². The average Bonchev–Trinajstić information content (AvgIpc) is 2.77. The van der Waals surface area contributed by atoms with Crippen molar-refractivity contribution >= 4 is 5.97 Å². The number of rotatable bonds is 10. The minimum absolute atomic E-state index is 0.00565. The molecule has 0 aromatic carbocycles. The van der Waals surface area contributed by atoms with Crippen LogP contribution in [0.2, 0.25) is 0 Å². The van der Waals surface area contributed by atoms with Crippen LogP contribution in [0.1, 0.15) is 13.3 Å². The van der Waals surface area contributed by atoms with Crippen LogP contribution in [0, 0.1) is 0 Å². The van der Waals surface area contributed by atoms with Gasteiger partial charge in [0, 0.05) is 12.0 Å². The van der Waals surface area contributed by atoms with Crippen LogP contribution in [0.5, 0.6) is 0 Å². The van der Waals surface area contributed by atoms with Crippen molar-refractivity contribution in [2.45, 2.75) is 74.8 Å². The van der Waals surface area contributed by atoms with E-state index in [1.54, 1.807) is 0 Å². The fourth-order valence-corrected chi connectivity index (χ4v) is 3.24. The van der Waals surface area contributed by atoms with Crippen LogP contribution < -0.4 is 0 Å². The quantitative estimate of drug-likeness (QED) is 0.0932. The molecule has 13 nitrogen and oxygen atoms in total. The lowest BCUT2D eigenvalue weighted by Crippen LogP contribution is -2.64. The Morgan fingerprint density at radius 3 is 2.03 bits per heavy atom. The standard InChI is InChI=1S/C19H32O13/c1-8(2)17(27)28-4-3-5-29-18-15(26)13(24)16(10(7-21)31-18)32-19-14(25)12(23)11(22)9(6-20)30-19/h9-16,18-26H,1,3-7H2,2H3/t9-,10-,11+,12+,13-,14-,15-,16-,18?,19+/m1/s1.